The second-order valence-corrected chi connectivity index (χ2v) is 9.54. The summed E-state index contributed by atoms with van der Waals surface area (Å²) in [7, 11) is -4.80. The molecule has 16 heteroatoms. The molecular formula is C22H43FN7O7P. The summed E-state index contributed by atoms with van der Waals surface area (Å²) in [6, 6.07) is 0. The number of fused-ring (bicyclic) bond motifs is 1. The highest BCUT2D eigenvalue weighted by Crippen LogP contribution is 2.39. The molecule has 1 aliphatic rings. The van der Waals surface area contributed by atoms with Crippen LogP contribution < -0.4 is 11.3 Å². The van der Waals surface area contributed by atoms with Crippen molar-refractivity contribution in [2.45, 2.75) is 66.1 Å². The minimum absolute atomic E-state index is 0.0624. The standard InChI is InChI=1S/C10H13FN5O7P.2C6H15N/c11-4-6(17)3(1-22-24(19,20)21)23-9(4)16-2-13-5-7(16)14-10(12)15-8(5)18;2*1-4-7(5-2)6-3/h2-4,6,9,17H,1H2,(H2,19,20,21)(H3,12,14,15,18);2*4-6H2,1-3H3/t3-,4-,6-,9-;;/m1../s1. The molecule has 0 radical (unpaired) electrons. The number of anilines is 1. The maximum Gasteiger partial charge on any atom is 0.469 e. The van der Waals surface area contributed by atoms with E-state index in [9.17, 15) is 18.9 Å². The third kappa shape index (κ3) is 9.97. The molecule has 2 aromatic rings. The van der Waals surface area contributed by atoms with Gasteiger partial charge in [-0.15, -0.1) is 0 Å². The Morgan fingerprint density at radius 1 is 1.11 bits per heavy atom. The molecule has 0 spiro atoms. The number of hydrogen-bond acceptors (Lipinski definition) is 10. The van der Waals surface area contributed by atoms with Gasteiger partial charge in [0, 0.05) is 0 Å². The van der Waals surface area contributed by atoms with Crippen molar-refractivity contribution in [3.05, 3.63) is 16.7 Å². The predicted octanol–water partition coefficient (Wildman–Crippen LogP) is 1.10. The van der Waals surface area contributed by atoms with E-state index in [4.69, 9.17) is 20.3 Å². The van der Waals surface area contributed by atoms with Crippen molar-refractivity contribution in [1.29, 1.82) is 0 Å². The average molecular weight is 568 g/mol. The highest BCUT2D eigenvalue weighted by Gasteiger charge is 2.46. The Morgan fingerprint density at radius 3 is 2.03 bits per heavy atom. The summed E-state index contributed by atoms with van der Waals surface area (Å²) in [5, 5.41) is 9.83. The van der Waals surface area contributed by atoms with Crippen LogP contribution in [0, 0.1) is 0 Å². The van der Waals surface area contributed by atoms with E-state index < -0.39 is 44.6 Å². The van der Waals surface area contributed by atoms with Gasteiger partial charge in [0.1, 0.15) is 12.2 Å². The molecule has 0 aliphatic carbocycles. The van der Waals surface area contributed by atoms with Crippen molar-refractivity contribution in [2.75, 3.05) is 51.6 Å². The van der Waals surface area contributed by atoms with Gasteiger partial charge >= 0.3 is 7.82 Å². The summed E-state index contributed by atoms with van der Waals surface area (Å²) in [5.74, 6) is -0.218. The molecule has 1 saturated heterocycles. The van der Waals surface area contributed by atoms with Crippen LogP contribution in [-0.4, -0.2) is 108 Å². The van der Waals surface area contributed by atoms with E-state index in [-0.39, 0.29) is 17.1 Å². The van der Waals surface area contributed by atoms with Crippen LogP contribution in [0.1, 0.15) is 47.8 Å². The van der Waals surface area contributed by atoms with E-state index >= 15 is 0 Å². The molecule has 3 heterocycles. The summed E-state index contributed by atoms with van der Waals surface area (Å²) < 4.78 is 35.6. The molecule has 0 amide bonds. The highest BCUT2D eigenvalue weighted by atomic mass is 31.2. The van der Waals surface area contributed by atoms with Crippen LogP contribution in [0.5, 0.6) is 0 Å². The Morgan fingerprint density at radius 2 is 1.61 bits per heavy atom. The van der Waals surface area contributed by atoms with Gasteiger partial charge < -0.3 is 35.2 Å². The fraction of sp³-hybridized carbons (Fsp3) is 0.773. The van der Waals surface area contributed by atoms with E-state index in [1.165, 1.54) is 39.3 Å². The fourth-order valence-corrected chi connectivity index (χ4v) is 4.05. The Balaban J connectivity index is 0.000000426. The molecule has 4 atom stereocenters. The molecule has 0 aromatic carbocycles. The number of imidazole rings is 1. The van der Waals surface area contributed by atoms with Crippen molar-refractivity contribution < 1.29 is 33.1 Å². The third-order valence-electron chi connectivity index (χ3n) is 6.11. The minimum atomic E-state index is -4.80. The molecule has 220 valence electrons. The summed E-state index contributed by atoms with van der Waals surface area (Å²) in [4.78, 5) is 43.7. The number of aromatic amines is 1. The van der Waals surface area contributed by atoms with Crippen LogP contribution in [0.25, 0.3) is 11.2 Å². The first-order valence-electron chi connectivity index (χ1n) is 12.7. The van der Waals surface area contributed by atoms with Gasteiger partial charge in [-0.3, -0.25) is 18.9 Å². The van der Waals surface area contributed by atoms with Crippen molar-refractivity contribution in [3.8, 4) is 0 Å². The number of nitrogens with zero attached hydrogens (tertiary/aromatic N) is 5. The number of aliphatic hydroxyl groups is 1. The lowest BCUT2D eigenvalue weighted by molar-refractivity contribution is -0.0451. The second-order valence-electron chi connectivity index (χ2n) is 8.30. The molecule has 14 nitrogen and oxygen atoms in total. The number of nitrogens with one attached hydrogen (secondary N) is 1. The number of ether oxygens (including phenoxy) is 1. The number of rotatable bonds is 10. The van der Waals surface area contributed by atoms with Crippen LogP contribution in [0.2, 0.25) is 0 Å². The Bertz CT molecular complexity index is 1040. The van der Waals surface area contributed by atoms with Crippen molar-refractivity contribution in [3.63, 3.8) is 0 Å². The number of nitrogens with two attached hydrogens (primary N) is 1. The number of hydrogen-bond donors (Lipinski definition) is 5. The van der Waals surface area contributed by atoms with Gasteiger partial charge in [0.2, 0.25) is 5.95 Å². The van der Waals surface area contributed by atoms with Crippen LogP contribution >= 0.6 is 7.82 Å². The topological polar surface area (TPSA) is 192 Å². The highest BCUT2D eigenvalue weighted by molar-refractivity contribution is 7.46. The molecule has 38 heavy (non-hydrogen) atoms. The van der Waals surface area contributed by atoms with Crippen molar-refractivity contribution >= 4 is 24.9 Å². The zero-order valence-corrected chi connectivity index (χ0v) is 23.8. The first-order valence-corrected chi connectivity index (χ1v) is 14.2. The van der Waals surface area contributed by atoms with E-state index in [0.29, 0.717) is 0 Å². The van der Waals surface area contributed by atoms with E-state index in [1.807, 2.05) is 0 Å². The van der Waals surface area contributed by atoms with Gasteiger partial charge in [0.25, 0.3) is 5.56 Å². The fourth-order valence-electron chi connectivity index (χ4n) is 3.71. The van der Waals surface area contributed by atoms with Gasteiger partial charge in [-0.25, -0.2) is 13.9 Å². The van der Waals surface area contributed by atoms with E-state index in [0.717, 1.165) is 10.9 Å². The summed E-state index contributed by atoms with van der Waals surface area (Å²) in [6.45, 7) is 19.5. The lowest BCUT2D eigenvalue weighted by Gasteiger charge is -2.15. The zero-order valence-electron chi connectivity index (χ0n) is 22.9. The summed E-state index contributed by atoms with van der Waals surface area (Å²) in [5.41, 5.74) is 4.64. The Kier molecular flexibility index (Phi) is 14.5. The van der Waals surface area contributed by atoms with Gasteiger partial charge in [-0.1, -0.05) is 41.5 Å². The largest absolute Gasteiger partial charge is 0.469 e. The Labute approximate surface area is 222 Å². The predicted molar refractivity (Wildman–Crippen MR) is 142 cm³/mol. The lowest BCUT2D eigenvalue weighted by atomic mass is 10.1. The normalized spacial score (nSPS) is 21.4. The average Bonchev–Trinajstić information content (AvgIpc) is 3.41. The molecule has 0 bridgehead atoms. The van der Waals surface area contributed by atoms with Crippen molar-refractivity contribution in [1.82, 2.24) is 29.3 Å². The number of nitrogen functional groups attached to an aromatic ring is 1. The van der Waals surface area contributed by atoms with Gasteiger partial charge in [-0.2, -0.15) is 4.98 Å². The number of H-pyrrole nitrogens is 1. The zero-order chi connectivity index (χ0) is 29.0. The number of halogens is 1. The van der Waals surface area contributed by atoms with E-state index in [2.05, 4.69) is 70.8 Å². The maximum atomic E-state index is 14.3. The SMILES string of the molecule is CCN(CC)CC.CCN(CC)CC.Nc1nc2c(ncn2[C@@H]2O[C@H](COP(=O)(O)O)[C@@H](O)[C@H]2F)c(=O)[nH]1. The quantitative estimate of drug-likeness (QED) is 0.257. The number of aliphatic hydroxyl groups excluding tert-OH is 1. The van der Waals surface area contributed by atoms with Gasteiger partial charge in [0.05, 0.1) is 12.9 Å². The van der Waals surface area contributed by atoms with Crippen LogP contribution in [0.4, 0.5) is 10.3 Å². The van der Waals surface area contributed by atoms with E-state index in [1.54, 1.807) is 0 Å². The van der Waals surface area contributed by atoms with Gasteiger partial charge in [-0.05, 0) is 39.3 Å². The Hall–Kier alpha value is -1.97. The maximum absolute atomic E-state index is 14.3. The monoisotopic (exact) mass is 567 g/mol. The van der Waals surface area contributed by atoms with Crippen LogP contribution in [-0.2, 0) is 13.8 Å². The van der Waals surface area contributed by atoms with Crippen molar-refractivity contribution in [2.24, 2.45) is 0 Å². The molecule has 0 unspecified atom stereocenters. The number of alkyl halides is 1. The first-order chi connectivity index (χ1) is 17.9. The molecule has 6 N–H and O–H groups in total. The molecule has 0 saturated carbocycles. The third-order valence-corrected chi connectivity index (χ3v) is 6.59. The summed E-state index contributed by atoms with van der Waals surface area (Å²) in [6.07, 6.45) is -5.37. The minimum Gasteiger partial charge on any atom is -0.387 e. The lowest BCUT2D eigenvalue weighted by Crippen LogP contribution is -2.31. The number of phosphoric ester groups is 1. The number of phosphoric acid groups is 1. The number of aromatic nitrogens is 4. The van der Waals surface area contributed by atoms with Crippen LogP contribution in [0.3, 0.4) is 0 Å². The molecule has 2 aromatic heterocycles. The van der Waals surface area contributed by atoms with Crippen LogP contribution in [0.15, 0.2) is 11.1 Å². The molecule has 3 rings (SSSR count). The van der Waals surface area contributed by atoms with Gasteiger partial charge in [0.15, 0.2) is 23.6 Å². The molecular weight excluding hydrogens is 524 g/mol. The molecule has 1 aliphatic heterocycles. The smallest absolute Gasteiger partial charge is 0.387 e. The second kappa shape index (κ2) is 16.2. The molecule has 1 fully saturated rings. The first kappa shape index (κ1) is 34.1. The summed E-state index contributed by atoms with van der Waals surface area (Å²) >= 11 is 0.